The molecular weight excluding hydrogens is 162 g/mol. The van der Waals surface area contributed by atoms with E-state index < -0.39 is 6.10 Å². The second-order valence-electron chi connectivity index (χ2n) is 3.55. The normalized spacial score (nSPS) is 20.3. The van der Waals surface area contributed by atoms with Gasteiger partial charge >= 0.3 is 0 Å². The predicted molar refractivity (Wildman–Crippen MR) is 49.0 cm³/mol. The zero-order chi connectivity index (χ0) is 9.31. The largest absolute Gasteiger partial charge is 0.377 e. The summed E-state index contributed by atoms with van der Waals surface area (Å²) in [5, 5.41) is 18.2. The highest BCUT2D eigenvalue weighted by molar-refractivity contribution is 5.35. The molecule has 0 aliphatic heterocycles. The van der Waals surface area contributed by atoms with Crippen LogP contribution < -0.4 is 0 Å². The van der Waals surface area contributed by atoms with E-state index in [9.17, 15) is 5.11 Å². The maximum atomic E-state index is 9.54. The lowest BCUT2D eigenvalue weighted by atomic mass is 9.91. The van der Waals surface area contributed by atoms with Crippen molar-refractivity contribution in [1.29, 1.82) is 5.26 Å². The van der Waals surface area contributed by atoms with Crippen LogP contribution in [0.25, 0.3) is 0 Å². The zero-order valence-corrected chi connectivity index (χ0v) is 7.27. The number of benzene rings is 1. The molecule has 0 bridgehead atoms. The molecule has 66 valence electrons. The molecule has 1 unspecified atom stereocenters. The minimum absolute atomic E-state index is 0.254. The van der Waals surface area contributed by atoms with Crippen molar-refractivity contribution < 1.29 is 5.11 Å². The van der Waals surface area contributed by atoms with E-state index in [4.69, 9.17) is 5.26 Å². The summed E-state index contributed by atoms with van der Waals surface area (Å²) in [6.45, 7) is 0. The third-order valence-electron chi connectivity index (χ3n) is 2.78. The van der Waals surface area contributed by atoms with Crippen molar-refractivity contribution >= 4 is 0 Å². The molecule has 1 aromatic carbocycles. The highest BCUT2D eigenvalue weighted by atomic mass is 16.3. The van der Waals surface area contributed by atoms with Crippen molar-refractivity contribution in [1.82, 2.24) is 0 Å². The van der Waals surface area contributed by atoms with Crippen LogP contribution in [0.15, 0.2) is 30.3 Å². The van der Waals surface area contributed by atoms with E-state index in [-0.39, 0.29) is 5.41 Å². The molecule has 2 heteroatoms. The van der Waals surface area contributed by atoms with Gasteiger partial charge in [0.15, 0.2) is 0 Å². The van der Waals surface area contributed by atoms with Crippen molar-refractivity contribution in [3.05, 3.63) is 35.9 Å². The molecule has 2 nitrogen and oxygen atoms in total. The summed E-state index contributed by atoms with van der Waals surface area (Å²) in [5.41, 5.74) is 0.833. The van der Waals surface area contributed by atoms with E-state index in [0.717, 1.165) is 18.4 Å². The summed E-state index contributed by atoms with van der Waals surface area (Å²) in [4.78, 5) is 0. The van der Waals surface area contributed by atoms with Crippen LogP contribution in [0.5, 0.6) is 0 Å². The maximum Gasteiger partial charge on any atom is 0.150 e. The Morgan fingerprint density at radius 1 is 1.31 bits per heavy atom. The quantitative estimate of drug-likeness (QED) is 0.690. The third kappa shape index (κ3) is 1.22. The SMILES string of the molecule is N#CC(O)C1(c2ccccc2)CC1. The van der Waals surface area contributed by atoms with Gasteiger partial charge in [0.1, 0.15) is 6.10 Å². The topological polar surface area (TPSA) is 44.0 Å². The van der Waals surface area contributed by atoms with Crippen LogP contribution in [0.1, 0.15) is 18.4 Å². The van der Waals surface area contributed by atoms with Gasteiger partial charge in [0.05, 0.1) is 6.07 Å². The van der Waals surface area contributed by atoms with E-state index in [1.807, 2.05) is 36.4 Å². The number of hydrogen-bond acceptors (Lipinski definition) is 2. The highest BCUT2D eigenvalue weighted by Crippen LogP contribution is 2.50. The maximum absolute atomic E-state index is 9.54. The Balaban J connectivity index is 2.32. The van der Waals surface area contributed by atoms with Gasteiger partial charge < -0.3 is 5.11 Å². The van der Waals surface area contributed by atoms with Crippen LogP contribution in [-0.2, 0) is 5.41 Å². The zero-order valence-electron chi connectivity index (χ0n) is 7.27. The van der Waals surface area contributed by atoms with Gasteiger partial charge in [0.2, 0.25) is 0 Å². The Morgan fingerprint density at radius 2 is 1.92 bits per heavy atom. The monoisotopic (exact) mass is 173 g/mol. The predicted octanol–water partition coefficient (Wildman–Crippen LogP) is 1.60. The van der Waals surface area contributed by atoms with Gasteiger partial charge in [-0.05, 0) is 18.4 Å². The molecule has 1 saturated carbocycles. The average Bonchev–Trinajstić information content (AvgIpc) is 2.99. The van der Waals surface area contributed by atoms with Gasteiger partial charge in [-0.2, -0.15) is 5.26 Å². The molecule has 2 rings (SSSR count). The summed E-state index contributed by atoms with van der Waals surface area (Å²) in [7, 11) is 0. The first-order chi connectivity index (χ1) is 6.29. The van der Waals surface area contributed by atoms with Crippen LogP contribution in [0.4, 0.5) is 0 Å². The smallest absolute Gasteiger partial charge is 0.150 e. The van der Waals surface area contributed by atoms with Gasteiger partial charge in [-0.25, -0.2) is 0 Å². The molecule has 0 heterocycles. The fourth-order valence-electron chi connectivity index (χ4n) is 1.75. The molecule has 1 aliphatic rings. The second kappa shape index (κ2) is 2.86. The molecule has 13 heavy (non-hydrogen) atoms. The van der Waals surface area contributed by atoms with Crippen LogP contribution in [0, 0.1) is 11.3 Å². The summed E-state index contributed by atoms with van der Waals surface area (Å²) < 4.78 is 0. The number of nitriles is 1. The minimum atomic E-state index is -0.852. The second-order valence-corrected chi connectivity index (χ2v) is 3.55. The summed E-state index contributed by atoms with van der Waals surface area (Å²) in [6, 6.07) is 11.7. The van der Waals surface area contributed by atoms with Crippen LogP contribution >= 0.6 is 0 Å². The number of rotatable bonds is 2. The van der Waals surface area contributed by atoms with Crippen LogP contribution in [0.2, 0.25) is 0 Å². The Bertz CT molecular complexity index is 335. The molecule has 0 amide bonds. The molecule has 0 spiro atoms. The van der Waals surface area contributed by atoms with E-state index in [1.54, 1.807) is 0 Å². The van der Waals surface area contributed by atoms with Gasteiger partial charge in [-0.3, -0.25) is 0 Å². The molecule has 1 aromatic rings. The Labute approximate surface area is 77.4 Å². The number of nitrogens with zero attached hydrogens (tertiary/aromatic N) is 1. The van der Waals surface area contributed by atoms with Crippen LogP contribution in [0.3, 0.4) is 0 Å². The van der Waals surface area contributed by atoms with Crippen molar-refractivity contribution in [3.8, 4) is 6.07 Å². The van der Waals surface area contributed by atoms with Crippen molar-refractivity contribution in [3.63, 3.8) is 0 Å². The lowest BCUT2D eigenvalue weighted by Gasteiger charge is -2.16. The Hall–Kier alpha value is -1.33. The van der Waals surface area contributed by atoms with E-state index in [0.29, 0.717) is 0 Å². The Kier molecular flexibility index (Phi) is 1.82. The van der Waals surface area contributed by atoms with Crippen molar-refractivity contribution in [2.45, 2.75) is 24.4 Å². The molecule has 0 radical (unpaired) electrons. The molecule has 0 aromatic heterocycles. The van der Waals surface area contributed by atoms with Gasteiger partial charge in [-0.1, -0.05) is 30.3 Å². The number of hydrogen-bond donors (Lipinski definition) is 1. The highest BCUT2D eigenvalue weighted by Gasteiger charge is 2.50. The lowest BCUT2D eigenvalue weighted by Crippen LogP contribution is -2.23. The molecule has 0 saturated heterocycles. The summed E-state index contributed by atoms with van der Waals surface area (Å²) in [5.74, 6) is 0. The Morgan fingerprint density at radius 3 is 2.38 bits per heavy atom. The molecule has 1 fully saturated rings. The van der Waals surface area contributed by atoms with E-state index in [2.05, 4.69) is 0 Å². The first-order valence-electron chi connectivity index (χ1n) is 4.43. The fourth-order valence-corrected chi connectivity index (χ4v) is 1.75. The molecular formula is C11H11NO. The van der Waals surface area contributed by atoms with Gasteiger partial charge in [-0.15, -0.1) is 0 Å². The molecule has 1 atom stereocenters. The number of aliphatic hydroxyl groups is 1. The standard InChI is InChI=1S/C11H11NO/c12-8-10(13)11(6-7-11)9-4-2-1-3-5-9/h1-5,10,13H,6-7H2. The van der Waals surface area contributed by atoms with Crippen LogP contribution in [-0.4, -0.2) is 11.2 Å². The summed E-state index contributed by atoms with van der Waals surface area (Å²) >= 11 is 0. The molecule has 1 aliphatic carbocycles. The van der Waals surface area contributed by atoms with E-state index >= 15 is 0 Å². The van der Waals surface area contributed by atoms with Gasteiger partial charge in [0.25, 0.3) is 0 Å². The first-order valence-corrected chi connectivity index (χ1v) is 4.43. The van der Waals surface area contributed by atoms with Crippen molar-refractivity contribution in [2.75, 3.05) is 0 Å². The lowest BCUT2D eigenvalue weighted by molar-refractivity contribution is 0.185. The minimum Gasteiger partial charge on any atom is -0.377 e. The third-order valence-corrected chi connectivity index (χ3v) is 2.78. The average molecular weight is 173 g/mol. The van der Waals surface area contributed by atoms with Gasteiger partial charge in [0, 0.05) is 5.41 Å². The fraction of sp³-hybridized carbons (Fsp3) is 0.364. The van der Waals surface area contributed by atoms with E-state index in [1.165, 1.54) is 0 Å². The molecule has 1 N–H and O–H groups in total. The number of aliphatic hydroxyl groups excluding tert-OH is 1. The first kappa shape index (κ1) is 8.28. The van der Waals surface area contributed by atoms with Crippen molar-refractivity contribution in [2.24, 2.45) is 0 Å². The summed E-state index contributed by atoms with van der Waals surface area (Å²) in [6.07, 6.45) is 0.993.